The van der Waals surface area contributed by atoms with Crippen LogP contribution >= 0.6 is 24.0 Å². The van der Waals surface area contributed by atoms with Crippen LogP contribution in [0.5, 0.6) is 0 Å². The third-order valence-electron chi connectivity index (χ3n) is 4.72. The second-order valence-corrected chi connectivity index (χ2v) is 6.85. The SMILES string of the molecule is COC(C=O)CN1CCN(c2ccc(-c3ccc(C(=N)N)c(Cl)c3)cc2)C1=O.Cl. The topological polar surface area (TPSA) is 99.7 Å². The number of nitrogens with zero attached hydrogens (tertiary/aromatic N) is 2. The second-order valence-electron chi connectivity index (χ2n) is 6.45. The van der Waals surface area contributed by atoms with Gasteiger partial charge in [0.1, 0.15) is 11.9 Å². The van der Waals surface area contributed by atoms with Crippen molar-refractivity contribution in [3.8, 4) is 11.1 Å². The number of rotatable bonds is 7. The number of nitrogen functional groups attached to an aromatic ring is 1. The average Bonchev–Trinajstić information content (AvgIpc) is 3.06. The number of hydrogen-bond acceptors (Lipinski definition) is 4. The number of methoxy groups -OCH3 is 1. The lowest BCUT2D eigenvalue weighted by atomic mass is 10.0. The summed E-state index contributed by atoms with van der Waals surface area (Å²) in [6.45, 7) is 1.33. The number of ether oxygens (including phenoxy) is 1. The molecule has 0 aromatic heterocycles. The minimum Gasteiger partial charge on any atom is -0.384 e. The summed E-state index contributed by atoms with van der Waals surface area (Å²) in [4.78, 5) is 26.8. The molecular formula is C20H22Cl2N4O3. The molecule has 9 heteroatoms. The Hall–Kier alpha value is -2.61. The predicted molar refractivity (Wildman–Crippen MR) is 116 cm³/mol. The van der Waals surface area contributed by atoms with E-state index in [9.17, 15) is 9.59 Å². The van der Waals surface area contributed by atoms with Gasteiger partial charge in [-0.15, -0.1) is 12.4 Å². The molecule has 7 nitrogen and oxygen atoms in total. The molecule has 1 aliphatic rings. The summed E-state index contributed by atoms with van der Waals surface area (Å²) in [5, 5.41) is 7.92. The number of benzene rings is 2. The molecule has 0 saturated carbocycles. The van der Waals surface area contributed by atoms with Crippen molar-refractivity contribution in [1.82, 2.24) is 4.90 Å². The Balaban J connectivity index is 0.00000300. The average molecular weight is 437 g/mol. The molecule has 1 fully saturated rings. The van der Waals surface area contributed by atoms with Gasteiger partial charge in [0, 0.05) is 31.5 Å². The van der Waals surface area contributed by atoms with E-state index in [-0.39, 0.29) is 30.8 Å². The van der Waals surface area contributed by atoms with Crippen LogP contribution in [0.3, 0.4) is 0 Å². The molecule has 1 saturated heterocycles. The third-order valence-corrected chi connectivity index (χ3v) is 5.03. The van der Waals surface area contributed by atoms with Crippen molar-refractivity contribution in [2.45, 2.75) is 6.10 Å². The molecule has 1 atom stereocenters. The van der Waals surface area contributed by atoms with Crippen molar-refractivity contribution in [2.24, 2.45) is 5.73 Å². The first-order chi connectivity index (χ1) is 13.4. The zero-order chi connectivity index (χ0) is 20.3. The van der Waals surface area contributed by atoms with Crippen molar-refractivity contribution in [3.05, 3.63) is 53.1 Å². The maximum atomic E-state index is 12.6. The lowest BCUT2D eigenvalue weighted by molar-refractivity contribution is -0.116. The van der Waals surface area contributed by atoms with Gasteiger partial charge in [0.15, 0.2) is 6.29 Å². The minimum absolute atomic E-state index is 0. The molecule has 154 valence electrons. The summed E-state index contributed by atoms with van der Waals surface area (Å²) in [6.07, 6.45) is 0.0850. The molecule has 2 aromatic carbocycles. The van der Waals surface area contributed by atoms with Crippen LogP contribution in [0.4, 0.5) is 10.5 Å². The second kappa shape index (κ2) is 9.73. The fourth-order valence-corrected chi connectivity index (χ4v) is 3.41. The molecule has 29 heavy (non-hydrogen) atoms. The van der Waals surface area contributed by atoms with E-state index in [1.165, 1.54) is 7.11 Å². The zero-order valence-electron chi connectivity index (χ0n) is 15.8. The number of halogens is 2. The monoisotopic (exact) mass is 436 g/mol. The number of nitrogens with two attached hydrogens (primary N) is 1. The lowest BCUT2D eigenvalue weighted by Crippen LogP contribution is -2.38. The number of carbonyl (C=O) groups is 2. The molecule has 0 aliphatic carbocycles. The molecule has 0 spiro atoms. The van der Waals surface area contributed by atoms with Gasteiger partial charge in [-0.25, -0.2) is 4.79 Å². The van der Waals surface area contributed by atoms with Crippen LogP contribution in [0.15, 0.2) is 42.5 Å². The first-order valence-electron chi connectivity index (χ1n) is 8.73. The highest BCUT2D eigenvalue weighted by Gasteiger charge is 2.31. The van der Waals surface area contributed by atoms with Gasteiger partial charge in [-0.3, -0.25) is 10.3 Å². The van der Waals surface area contributed by atoms with Crippen molar-refractivity contribution in [3.63, 3.8) is 0 Å². The molecular weight excluding hydrogens is 415 g/mol. The quantitative estimate of drug-likeness (QED) is 0.395. The number of nitrogens with one attached hydrogen (secondary N) is 1. The van der Waals surface area contributed by atoms with E-state index in [2.05, 4.69) is 0 Å². The fraction of sp³-hybridized carbons (Fsp3) is 0.250. The van der Waals surface area contributed by atoms with E-state index in [0.717, 1.165) is 16.8 Å². The summed E-state index contributed by atoms with van der Waals surface area (Å²) in [7, 11) is 1.45. The minimum atomic E-state index is -0.617. The Labute approximate surface area is 180 Å². The normalized spacial score (nSPS) is 14.5. The Morgan fingerprint density at radius 1 is 1.24 bits per heavy atom. The van der Waals surface area contributed by atoms with E-state index in [0.29, 0.717) is 30.0 Å². The molecule has 1 heterocycles. The number of anilines is 1. The number of aldehydes is 1. The number of amidine groups is 1. The maximum Gasteiger partial charge on any atom is 0.324 e. The predicted octanol–water partition coefficient (Wildman–Crippen LogP) is 3.17. The lowest BCUT2D eigenvalue weighted by Gasteiger charge is -2.20. The Morgan fingerprint density at radius 3 is 2.45 bits per heavy atom. The molecule has 2 amide bonds. The van der Waals surface area contributed by atoms with E-state index in [4.69, 9.17) is 27.5 Å². The summed E-state index contributed by atoms with van der Waals surface area (Å²) in [6, 6.07) is 12.8. The summed E-state index contributed by atoms with van der Waals surface area (Å²) in [5.41, 5.74) is 8.60. The van der Waals surface area contributed by atoms with Gasteiger partial charge in [-0.1, -0.05) is 29.8 Å². The standard InChI is InChI=1S/C20H21ClN4O3.ClH/c1-28-16(12-26)11-24-8-9-25(20(24)27)15-5-2-13(3-6-15)14-4-7-17(19(22)23)18(21)10-14;/h2-7,10,12,16H,8-9,11H2,1H3,(H3,22,23);1H. The Kier molecular flexibility index (Phi) is 7.61. The van der Waals surface area contributed by atoms with Crippen LogP contribution in [0.25, 0.3) is 11.1 Å². The van der Waals surface area contributed by atoms with Crippen LogP contribution in [0.2, 0.25) is 5.02 Å². The molecule has 1 unspecified atom stereocenters. The molecule has 1 aliphatic heterocycles. The molecule has 3 rings (SSSR count). The van der Waals surface area contributed by atoms with Crippen LogP contribution in [-0.4, -0.2) is 55.9 Å². The molecule has 2 aromatic rings. The van der Waals surface area contributed by atoms with Gasteiger partial charge in [-0.2, -0.15) is 0 Å². The van der Waals surface area contributed by atoms with E-state index in [1.54, 1.807) is 21.9 Å². The van der Waals surface area contributed by atoms with Crippen LogP contribution in [-0.2, 0) is 9.53 Å². The van der Waals surface area contributed by atoms with Crippen molar-refractivity contribution < 1.29 is 14.3 Å². The number of carbonyl (C=O) groups excluding carboxylic acids is 2. The first-order valence-corrected chi connectivity index (χ1v) is 9.11. The van der Waals surface area contributed by atoms with Crippen LogP contribution < -0.4 is 10.6 Å². The molecule has 0 bridgehead atoms. The summed E-state index contributed by atoms with van der Waals surface area (Å²) >= 11 is 6.20. The van der Waals surface area contributed by atoms with Gasteiger partial charge in [0.25, 0.3) is 0 Å². The smallest absolute Gasteiger partial charge is 0.324 e. The van der Waals surface area contributed by atoms with Gasteiger partial charge in [0.2, 0.25) is 0 Å². The Bertz CT molecular complexity index is 905. The van der Waals surface area contributed by atoms with Crippen LogP contribution in [0.1, 0.15) is 5.56 Å². The Morgan fingerprint density at radius 2 is 1.90 bits per heavy atom. The largest absolute Gasteiger partial charge is 0.384 e. The highest BCUT2D eigenvalue weighted by Crippen LogP contribution is 2.28. The van der Waals surface area contributed by atoms with E-state index < -0.39 is 6.10 Å². The number of urea groups is 1. The third kappa shape index (κ3) is 4.87. The van der Waals surface area contributed by atoms with Crippen molar-refractivity contribution in [1.29, 1.82) is 5.41 Å². The highest BCUT2D eigenvalue weighted by molar-refractivity contribution is 6.34. The molecule has 3 N–H and O–H groups in total. The van der Waals surface area contributed by atoms with Gasteiger partial charge in [-0.05, 0) is 35.4 Å². The maximum absolute atomic E-state index is 12.6. The highest BCUT2D eigenvalue weighted by atomic mass is 35.5. The van der Waals surface area contributed by atoms with Gasteiger partial charge < -0.3 is 20.2 Å². The fourth-order valence-electron chi connectivity index (χ4n) is 3.13. The first kappa shape index (κ1) is 22.7. The number of amides is 2. The molecule has 0 radical (unpaired) electrons. The van der Waals surface area contributed by atoms with Crippen molar-refractivity contribution in [2.75, 3.05) is 31.6 Å². The summed E-state index contributed by atoms with van der Waals surface area (Å²) < 4.78 is 5.04. The number of hydrogen-bond donors (Lipinski definition) is 2. The zero-order valence-corrected chi connectivity index (χ0v) is 17.4. The van der Waals surface area contributed by atoms with E-state index in [1.807, 2.05) is 30.3 Å². The van der Waals surface area contributed by atoms with Crippen LogP contribution in [0, 0.1) is 5.41 Å². The van der Waals surface area contributed by atoms with Crippen molar-refractivity contribution >= 4 is 47.8 Å². The summed E-state index contributed by atoms with van der Waals surface area (Å²) in [5.74, 6) is -0.0747. The van der Waals surface area contributed by atoms with Gasteiger partial charge >= 0.3 is 6.03 Å². The van der Waals surface area contributed by atoms with Gasteiger partial charge in [0.05, 0.1) is 11.6 Å². The van der Waals surface area contributed by atoms with E-state index >= 15 is 0 Å².